The molecule has 0 fully saturated rings. The number of hydrogen-bond donors (Lipinski definition) is 0. The molecule has 2 aromatic carbocycles. The van der Waals surface area contributed by atoms with E-state index >= 15 is 0 Å². The summed E-state index contributed by atoms with van der Waals surface area (Å²) in [5.41, 5.74) is 2.44. The molecule has 0 saturated heterocycles. The Labute approximate surface area is 224 Å². The number of unbranched alkanes of at least 4 members (excludes halogenated alkanes) is 1. The van der Waals surface area contributed by atoms with Gasteiger partial charge in [0.2, 0.25) is 0 Å². The van der Waals surface area contributed by atoms with Crippen LogP contribution in [0.5, 0.6) is 5.75 Å². The first-order valence-electron chi connectivity index (χ1n) is 12.1. The smallest absolute Gasteiger partial charge is 0.344 e. The molecule has 1 heterocycles. The largest absolute Gasteiger partial charge is 0.486 e. The van der Waals surface area contributed by atoms with Crippen LogP contribution in [-0.4, -0.2) is 70.1 Å². The van der Waals surface area contributed by atoms with E-state index in [4.69, 9.17) is 14.2 Å². The Morgan fingerprint density at radius 2 is 1.97 bits per heavy atom. The van der Waals surface area contributed by atoms with Crippen LogP contribution in [0.3, 0.4) is 0 Å². The highest BCUT2D eigenvalue weighted by atomic mass is 32.3. The molecule has 0 aliphatic carbocycles. The van der Waals surface area contributed by atoms with E-state index in [2.05, 4.69) is 30.5 Å². The Balaban J connectivity index is 1.78. The first-order chi connectivity index (χ1) is 18.1. The van der Waals surface area contributed by atoms with Crippen molar-refractivity contribution in [1.29, 1.82) is 5.26 Å². The number of carbonyl (C=O) groups excluding carboxylic acids is 1. The lowest BCUT2D eigenvalue weighted by Crippen LogP contribution is -2.28. The van der Waals surface area contributed by atoms with Crippen LogP contribution in [0.1, 0.15) is 34.3 Å². The Morgan fingerprint density at radius 3 is 2.63 bits per heavy atom. The minimum absolute atomic E-state index is 0.0302. The van der Waals surface area contributed by atoms with Crippen molar-refractivity contribution in [1.82, 2.24) is 0 Å². The van der Waals surface area contributed by atoms with Gasteiger partial charge in [0.05, 0.1) is 29.1 Å². The topological polar surface area (TPSA) is 84.1 Å². The van der Waals surface area contributed by atoms with Crippen molar-refractivity contribution in [2.45, 2.75) is 19.3 Å². The number of halogens is 2. The van der Waals surface area contributed by atoms with E-state index in [9.17, 15) is 18.8 Å². The molecule has 1 aliphatic rings. The molecular formula is C28H33F2N3O4S. The zero-order chi connectivity index (χ0) is 27.7. The highest BCUT2D eigenvalue weighted by Gasteiger charge is 2.25. The van der Waals surface area contributed by atoms with Gasteiger partial charge < -0.3 is 19.1 Å². The summed E-state index contributed by atoms with van der Waals surface area (Å²) in [4.78, 5) is 18.1. The molecule has 10 heteroatoms. The van der Waals surface area contributed by atoms with Gasteiger partial charge in [-0.05, 0) is 56.5 Å². The van der Waals surface area contributed by atoms with Crippen molar-refractivity contribution in [3.63, 3.8) is 0 Å². The second kappa shape index (κ2) is 13.4. The molecule has 0 N–H and O–H groups in total. The SMILES string of the molecule is C=Nc1cc(OCC(F)F)c(C#N)cc1N(CCC/C=C1\OC(=O)c2ccccc21)COCCS(C)(C)C. The van der Waals surface area contributed by atoms with E-state index in [1.165, 1.54) is 6.07 Å². The summed E-state index contributed by atoms with van der Waals surface area (Å²) in [5, 5.41) is 9.63. The summed E-state index contributed by atoms with van der Waals surface area (Å²) in [7, 11) is -0.731. The minimum atomic E-state index is -2.67. The molecule has 7 nitrogen and oxygen atoms in total. The first-order valence-corrected chi connectivity index (χ1v) is 15.1. The molecule has 2 aromatic rings. The van der Waals surface area contributed by atoms with Crippen LogP contribution < -0.4 is 9.64 Å². The Kier molecular flexibility index (Phi) is 10.3. The summed E-state index contributed by atoms with van der Waals surface area (Å²) in [6.07, 6.45) is 7.17. The van der Waals surface area contributed by atoms with Crippen LogP contribution in [0.4, 0.5) is 20.2 Å². The van der Waals surface area contributed by atoms with Crippen LogP contribution in [0.2, 0.25) is 0 Å². The molecule has 0 unspecified atom stereocenters. The van der Waals surface area contributed by atoms with Crippen LogP contribution in [-0.2, 0) is 9.47 Å². The Bertz CT molecular complexity index is 1220. The van der Waals surface area contributed by atoms with E-state index in [1.54, 1.807) is 18.2 Å². The number of aliphatic imine (C=N–C) groups is 1. The van der Waals surface area contributed by atoms with Gasteiger partial charge in [-0.25, -0.2) is 23.6 Å². The van der Waals surface area contributed by atoms with Gasteiger partial charge in [-0.15, -0.1) is 0 Å². The van der Waals surface area contributed by atoms with Crippen molar-refractivity contribution in [2.24, 2.45) is 4.99 Å². The third kappa shape index (κ3) is 8.04. The number of benzene rings is 2. The van der Waals surface area contributed by atoms with E-state index in [1.807, 2.05) is 29.2 Å². The maximum absolute atomic E-state index is 12.7. The van der Waals surface area contributed by atoms with Crippen molar-refractivity contribution in [3.8, 4) is 11.8 Å². The zero-order valence-electron chi connectivity index (χ0n) is 21.9. The van der Waals surface area contributed by atoms with Gasteiger partial charge in [0, 0.05) is 23.9 Å². The second-order valence-electron chi connectivity index (χ2n) is 9.55. The van der Waals surface area contributed by atoms with Crippen molar-refractivity contribution >= 4 is 39.8 Å². The zero-order valence-corrected chi connectivity index (χ0v) is 22.7. The maximum atomic E-state index is 12.7. The Hall–Kier alpha value is -3.42. The normalized spacial score (nSPS) is 14.2. The average molecular weight is 546 g/mol. The monoisotopic (exact) mass is 545 g/mol. The van der Waals surface area contributed by atoms with E-state index in [0.717, 1.165) is 11.3 Å². The fourth-order valence-electron chi connectivity index (χ4n) is 3.79. The number of ether oxygens (including phenoxy) is 3. The maximum Gasteiger partial charge on any atom is 0.344 e. The highest BCUT2D eigenvalue weighted by molar-refractivity contribution is 8.32. The molecule has 0 amide bonds. The molecule has 0 bridgehead atoms. The number of nitrogens with zero attached hydrogens (tertiary/aromatic N) is 3. The lowest BCUT2D eigenvalue weighted by molar-refractivity contribution is 0.0715. The quantitative estimate of drug-likeness (QED) is 0.125. The van der Waals surface area contributed by atoms with Crippen molar-refractivity contribution < 1.29 is 27.8 Å². The average Bonchev–Trinajstić information content (AvgIpc) is 3.20. The Morgan fingerprint density at radius 1 is 1.24 bits per heavy atom. The number of esters is 1. The van der Waals surface area contributed by atoms with Gasteiger partial charge in [0.15, 0.2) is 0 Å². The molecule has 0 saturated carbocycles. The molecule has 38 heavy (non-hydrogen) atoms. The number of allylic oxidation sites excluding steroid dienone is 1. The molecule has 0 atom stereocenters. The number of rotatable bonds is 14. The summed E-state index contributed by atoms with van der Waals surface area (Å²) < 4.78 is 41.9. The number of nitriles is 1. The molecule has 3 rings (SSSR count). The minimum Gasteiger partial charge on any atom is -0.486 e. The van der Waals surface area contributed by atoms with E-state index < -0.39 is 23.1 Å². The van der Waals surface area contributed by atoms with Gasteiger partial charge >= 0.3 is 5.97 Å². The van der Waals surface area contributed by atoms with Crippen LogP contribution in [0.25, 0.3) is 5.76 Å². The van der Waals surface area contributed by atoms with E-state index in [0.29, 0.717) is 48.7 Å². The highest BCUT2D eigenvalue weighted by Crippen LogP contribution is 2.37. The third-order valence-corrected chi connectivity index (χ3v) is 7.13. The fraction of sp³-hybridized carbons (Fsp3) is 0.393. The number of alkyl halides is 2. The van der Waals surface area contributed by atoms with E-state index in [-0.39, 0.29) is 24.0 Å². The van der Waals surface area contributed by atoms with Gasteiger partial charge in [0.1, 0.15) is 30.9 Å². The third-order valence-electron chi connectivity index (χ3n) is 5.74. The van der Waals surface area contributed by atoms with Gasteiger partial charge in [-0.1, -0.05) is 18.2 Å². The van der Waals surface area contributed by atoms with Crippen LogP contribution in [0.15, 0.2) is 47.5 Å². The van der Waals surface area contributed by atoms with Crippen LogP contribution >= 0.6 is 10.0 Å². The lowest BCUT2D eigenvalue weighted by Gasteiger charge is -2.29. The molecular weight excluding hydrogens is 512 g/mol. The van der Waals surface area contributed by atoms with Crippen molar-refractivity contribution in [2.75, 3.05) is 55.9 Å². The lowest BCUT2D eigenvalue weighted by atomic mass is 10.1. The van der Waals surface area contributed by atoms with Crippen molar-refractivity contribution in [3.05, 3.63) is 59.2 Å². The summed E-state index contributed by atoms with van der Waals surface area (Å²) >= 11 is 0. The second-order valence-corrected chi connectivity index (χ2v) is 14.1. The number of fused-ring (bicyclic) bond motifs is 1. The first kappa shape index (κ1) is 29.1. The summed E-state index contributed by atoms with van der Waals surface area (Å²) in [6.45, 7) is 4.14. The molecule has 204 valence electrons. The van der Waals surface area contributed by atoms with Gasteiger partial charge in [-0.3, -0.25) is 4.99 Å². The predicted octanol–water partition coefficient (Wildman–Crippen LogP) is 6.00. The molecule has 1 aliphatic heterocycles. The molecule has 0 aromatic heterocycles. The van der Waals surface area contributed by atoms with Gasteiger partial charge in [0.25, 0.3) is 6.43 Å². The van der Waals surface area contributed by atoms with Gasteiger partial charge in [-0.2, -0.15) is 5.26 Å². The number of carbonyl (C=O) groups is 1. The molecule has 0 spiro atoms. The predicted molar refractivity (Wildman–Crippen MR) is 149 cm³/mol. The van der Waals surface area contributed by atoms with Crippen LogP contribution in [0, 0.1) is 11.3 Å². The summed E-state index contributed by atoms with van der Waals surface area (Å²) in [5.74, 6) is 1.15. The fourth-order valence-corrected chi connectivity index (χ4v) is 4.41. The number of hydrogen-bond acceptors (Lipinski definition) is 7. The standard InChI is InChI=1S/C28H33F2N3O4S/c1-32-23-16-26(36-18-27(29)30)20(17-31)15-24(23)33(19-35-13-14-38(2,3)4)12-8-7-11-25-21-9-5-6-10-22(21)28(34)37-25/h5-6,9-11,15-16,27H,1,7-8,12-14,18-19H2,2-4H3/b25-11-. The number of cyclic esters (lactones) is 1. The molecule has 0 radical (unpaired) electrons. The number of anilines is 1. The summed E-state index contributed by atoms with van der Waals surface area (Å²) in [6, 6.07) is 12.3.